The summed E-state index contributed by atoms with van der Waals surface area (Å²) in [7, 11) is 0. The molecule has 0 unspecified atom stereocenters. The van der Waals surface area contributed by atoms with Gasteiger partial charge in [-0.15, -0.1) is 0 Å². The van der Waals surface area contributed by atoms with Crippen LogP contribution in [0.3, 0.4) is 0 Å². The number of benzene rings is 1. The van der Waals surface area contributed by atoms with Crippen molar-refractivity contribution in [1.82, 2.24) is 0 Å². The molecule has 0 spiro atoms. The lowest BCUT2D eigenvalue weighted by molar-refractivity contribution is 0.297. The van der Waals surface area contributed by atoms with E-state index in [2.05, 4.69) is 29.8 Å². The van der Waals surface area contributed by atoms with Crippen LogP contribution in [-0.4, -0.2) is 6.61 Å². The molecular formula is C12H17BrO. The van der Waals surface area contributed by atoms with Gasteiger partial charge in [-0.1, -0.05) is 29.8 Å². The topological polar surface area (TPSA) is 9.23 Å². The summed E-state index contributed by atoms with van der Waals surface area (Å²) >= 11 is 3.39. The Morgan fingerprint density at radius 3 is 2.43 bits per heavy atom. The van der Waals surface area contributed by atoms with Gasteiger partial charge in [0.05, 0.1) is 6.61 Å². The van der Waals surface area contributed by atoms with Crippen molar-refractivity contribution >= 4 is 15.9 Å². The van der Waals surface area contributed by atoms with Crippen LogP contribution in [0.25, 0.3) is 0 Å². The molecule has 0 aromatic heterocycles. The Morgan fingerprint density at radius 1 is 1.21 bits per heavy atom. The number of hydrogen-bond donors (Lipinski definition) is 0. The number of ether oxygens (including phenoxy) is 1. The summed E-state index contributed by atoms with van der Waals surface area (Å²) in [5.41, 5.74) is 0. The molecule has 14 heavy (non-hydrogen) atoms. The van der Waals surface area contributed by atoms with Gasteiger partial charge in [-0.2, -0.15) is 0 Å². The summed E-state index contributed by atoms with van der Waals surface area (Å²) in [6, 6.07) is 7.97. The quantitative estimate of drug-likeness (QED) is 0.716. The monoisotopic (exact) mass is 256 g/mol. The summed E-state index contributed by atoms with van der Waals surface area (Å²) in [5, 5.41) is 0. The van der Waals surface area contributed by atoms with Gasteiger partial charge >= 0.3 is 0 Å². The lowest BCUT2D eigenvalue weighted by atomic mass is 10.1. The second-order valence-electron chi connectivity index (χ2n) is 3.84. The highest BCUT2D eigenvalue weighted by atomic mass is 79.9. The van der Waals surface area contributed by atoms with Crippen molar-refractivity contribution in [2.45, 2.75) is 26.7 Å². The molecule has 0 N–H and O–H groups in total. The molecule has 2 heteroatoms. The first-order valence-electron chi connectivity index (χ1n) is 5.07. The van der Waals surface area contributed by atoms with Gasteiger partial charge in [0.25, 0.3) is 0 Å². The van der Waals surface area contributed by atoms with Gasteiger partial charge < -0.3 is 4.74 Å². The summed E-state index contributed by atoms with van der Waals surface area (Å²) < 4.78 is 6.68. The smallest absolute Gasteiger partial charge is 0.119 e. The predicted octanol–water partition coefficient (Wildman–Crippen LogP) is 4.26. The molecule has 1 aromatic carbocycles. The first-order chi connectivity index (χ1) is 6.68. The largest absolute Gasteiger partial charge is 0.494 e. The predicted molar refractivity (Wildman–Crippen MR) is 63.7 cm³/mol. The van der Waals surface area contributed by atoms with E-state index in [4.69, 9.17) is 4.74 Å². The van der Waals surface area contributed by atoms with Crippen molar-refractivity contribution in [3.8, 4) is 5.75 Å². The number of halogens is 1. The standard InChI is InChI=1S/C12H17BrO/c1-10(2)4-3-9-14-12-7-5-11(13)6-8-12/h5-8,10H,3-4,9H2,1-2H3. The normalized spacial score (nSPS) is 10.6. The molecule has 0 saturated heterocycles. The van der Waals surface area contributed by atoms with E-state index in [1.807, 2.05) is 24.3 Å². The Kier molecular flexibility index (Phi) is 5.02. The van der Waals surface area contributed by atoms with Gasteiger partial charge in [0.15, 0.2) is 0 Å². The highest BCUT2D eigenvalue weighted by molar-refractivity contribution is 9.10. The fourth-order valence-corrected chi connectivity index (χ4v) is 1.48. The SMILES string of the molecule is CC(C)CCCOc1ccc(Br)cc1. The van der Waals surface area contributed by atoms with E-state index in [1.165, 1.54) is 6.42 Å². The minimum Gasteiger partial charge on any atom is -0.494 e. The fourth-order valence-electron chi connectivity index (χ4n) is 1.21. The third-order valence-electron chi connectivity index (χ3n) is 2.01. The van der Waals surface area contributed by atoms with Crippen LogP contribution in [0, 0.1) is 5.92 Å². The summed E-state index contributed by atoms with van der Waals surface area (Å²) in [6.07, 6.45) is 2.37. The second kappa shape index (κ2) is 6.07. The average Bonchev–Trinajstić information content (AvgIpc) is 2.15. The highest BCUT2D eigenvalue weighted by Gasteiger charge is 1.96. The van der Waals surface area contributed by atoms with Crippen molar-refractivity contribution < 1.29 is 4.74 Å². The minimum atomic E-state index is 0.767. The zero-order valence-electron chi connectivity index (χ0n) is 8.79. The van der Waals surface area contributed by atoms with Gasteiger partial charge in [0.2, 0.25) is 0 Å². The zero-order chi connectivity index (χ0) is 10.4. The van der Waals surface area contributed by atoms with Crippen LogP contribution in [0.5, 0.6) is 5.75 Å². The molecular weight excluding hydrogens is 240 g/mol. The van der Waals surface area contributed by atoms with Crippen molar-refractivity contribution in [2.75, 3.05) is 6.61 Å². The maximum atomic E-state index is 5.59. The molecule has 0 aliphatic heterocycles. The molecule has 0 aliphatic rings. The molecule has 0 bridgehead atoms. The Balaban J connectivity index is 2.21. The van der Waals surface area contributed by atoms with E-state index in [9.17, 15) is 0 Å². The van der Waals surface area contributed by atoms with Crippen LogP contribution in [0.4, 0.5) is 0 Å². The third kappa shape index (κ3) is 4.66. The van der Waals surface area contributed by atoms with Crippen molar-refractivity contribution in [2.24, 2.45) is 5.92 Å². The molecule has 0 saturated carbocycles. The highest BCUT2D eigenvalue weighted by Crippen LogP contribution is 2.16. The Bertz CT molecular complexity index is 254. The van der Waals surface area contributed by atoms with Crippen LogP contribution in [0.1, 0.15) is 26.7 Å². The van der Waals surface area contributed by atoms with E-state index in [-0.39, 0.29) is 0 Å². The van der Waals surface area contributed by atoms with Crippen molar-refractivity contribution in [3.63, 3.8) is 0 Å². The van der Waals surface area contributed by atoms with E-state index < -0.39 is 0 Å². The van der Waals surface area contributed by atoms with Crippen LogP contribution in [-0.2, 0) is 0 Å². The number of rotatable bonds is 5. The second-order valence-corrected chi connectivity index (χ2v) is 4.75. The Morgan fingerprint density at radius 2 is 1.86 bits per heavy atom. The van der Waals surface area contributed by atoms with Gasteiger partial charge in [-0.05, 0) is 43.0 Å². The van der Waals surface area contributed by atoms with E-state index in [0.717, 1.165) is 29.2 Å². The Hall–Kier alpha value is -0.500. The molecule has 0 heterocycles. The summed E-state index contributed by atoms with van der Waals surface area (Å²) in [4.78, 5) is 0. The van der Waals surface area contributed by atoms with Crippen molar-refractivity contribution in [1.29, 1.82) is 0 Å². The fraction of sp³-hybridized carbons (Fsp3) is 0.500. The van der Waals surface area contributed by atoms with Gasteiger partial charge in [-0.3, -0.25) is 0 Å². The molecule has 78 valence electrons. The lowest BCUT2D eigenvalue weighted by Gasteiger charge is -2.07. The van der Waals surface area contributed by atoms with E-state index in [1.54, 1.807) is 0 Å². The van der Waals surface area contributed by atoms with Gasteiger partial charge in [0, 0.05) is 4.47 Å². The summed E-state index contributed by atoms with van der Waals surface area (Å²) in [6.45, 7) is 5.29. The van der Waals surface area contributed by atoms with Crippen LogP contribution < -0.4 is 4.74 Å². The van der Waals surface area contributed by atoms with Gasteiger partial charge in [-0.25, -0.2) is 0 Å². The molecule has 1 nitrogen and oxygen atoms in total. The minimum absolute atomic E-state index is 0.767. The molecule has 1 rings (SSSR count). The van der Waals surface area contributed by atoms with E-state index >= 15 is 0 Å². The molecule has 0 atom stereocenters. The van der Waals surface area contributed by atoms with Crippen LogP contribution in [0.2, 0.25) is 0 Å². The van der Waals surface area contributed by atoms with Crippen LogP contribution in [0.15, 0.2) is 28.7 Å². The summed E-state index contributed by atoms with van der Waals surface area (Å²) in [5.74, 6) is 1.72. The third-order valence-corrected chi connectivity index (χ3v) is 2.54. The first-order valence-corrected chi connectivity index (χ1v) is 5.86. The molecule has 1 aromatic rings. The average molecular weight is 257 g/mol. The van der Waals surface area contributed by atoms with Gasteiger partial charge in [0.1, 0.15) is 5.75 Å². The first kappa shape index (κ1) is 11.6. The molecule has 0 radical (unpaired) electrons. The maximum absolute atomic E-state index is 5.59. The molecule has 0 fully saturated rings. The lowest BCUT2D eigenvalue weighted by Crippen LogP contribution is -1.99. The Labute approximate surface area is 94.6 Å². The maximum Gasteiger partial charge on any atom is 0.119 e. The van der Waals surface area contributed by atoms with Crippen LogP contribution >= 0.6 is 15.9 Å². The van der Waals surface area contributed by atoms with E-state index in [0.29, 0.717) is 0 Å². The van der Waals surface area contributed by atoms with Crippen molar-refractivity contribution in [3.05, 3.63) is 28.7 Å². The molecule has 0 aliphatic carbocycles. The number of hydrogen-bond acceptors (Lipinski definition) is 1. The molecule has 0 amide bonds. The zero-order valence-corrected chi connectivity index (χ0v) is 10.4.